The number of nitrogens with zero attached hydrogens (tertiary/aromatic N) is 3. The Morgan fingerprint density at radius 2 is 2.05 bits per heavy atom. The van der Waals surface area contributed by atoms with Gasteiger partial charge in [0.15, 0.2) is 5.65 Å². The molecule has 21 heavy (non-hydrogen) atoms. The number of rotatable bonds is 4. The number of nitrogens with one attached hydrogen (secondary N) is 2. The summed E-state index contributed by atoms with van der Waals surface area (Å²) in [5.41, 5.74) is -0.291. The maximum atomic E-state index is 12.0. The number of alkyl carbamates (subject to hydrolysis) is 1. The number of fused-ring (bicyclic) bond motifs is 1. The van der Waals surface area contributed by atoms with Crippen LogP contribution >= 0.6 is 0 Å². The minimum atomic E-state index is -0.503. The third-order valence-corrected chi connectivity index (χ3v) is 3.05. The van der Waals surface area contributed by atoms with Gasteiger partial charge in [-0.15, -0.1) is 0 Å². The number of ether oxygens (including phenoxy) is 1. The van der Waals surface area contributed by atoms with Gasteiger partial charge in [-0.05, 0) is 6.92 Å². The van der Waals surface area contributed by atoms with Crippen LogP contribution in [-0.2, 0) is 25.3 Å². The van der Waals surface area contributed by atoms with Gasteiger partial charge in [0.25, 0.3) is 5.56 Å². The molecule has 1 amide bonds. The molecule has 0 bridgehead atoms. The first-order chi connectivity index (χ1) is 9.95. The van der Waals surface area contributed by atoms with Gasteiger partial charge in [0, 0.05) is 27.1 Å². The third kappa shape index (κ3) is 2.81. The maximum Gasteiger partial charge on any atom is 0.407 e. The second kappa shape index (κ2) is 5.81. The van der Waals surface area contributed by atoms with Crippen molar-refractivity contribution in [1.82, 2.24) is 24.4 Å². The van der Waals surface area contributed by atoms with Crippen molar-refractivity contribution in [1.29, 1.82) is 0 Å². The Morgan fingerprint density at radius 1 is 1.33 bits per heavy atom. The van der Waals surface area contributed by atoms with Gasteiger partial charge in [0.05, 0.1) is 6.61 Å². The van der Waals surface area contributed by atoms with E-state index in [0.717, 1.165) is 4.57 Å². The first-order valence-corrected chi connectivity index (χ1v) is 6.51. The number of aromatic amines is 1. The molecule has 9 nitrogen and oxygen atoms in total. The van der Waals surface area contributed by atoms with Crippen LogP contribution in [0.4, 0.5) is 4.79 Å². The third-order valence-electron chi connectivity index (χ3n) is 3.05. The summed E-state index contributed by atoms with van der Waals surface area (Å²) >= 11 is 0. The predicted octanol–water partition coefficient (Wildman–Crippen LogP) is -0.751. The van der Waals surface area contributed by atoms with Gasteiger partial charge in [-0.25, -0.2) is 14.6 Å². The molecule has 114 valence electrons. The molecule has 0 aromatic carbocycles. The van der Waals surface area contributed by atoms with Crippen LogP contribution in [0.2, 0.25) is 0 Å². The molecule has 0 fully saturated rings. The molecule has 2 aromatic rings. The first-order valence-electron chi connectivity index (χ1n) is 6.51. The van der Waals surface area contributed by atoms with E-state index >= 15 is 0 Å². The van der Waals surface area contributed by atoms with Crippen molar-refractivity contribution in [3.05, 3.63) is 26.7 Å². The average Bonchev–Trinajstić information content (AvgIpc) is 2.87. The van der Waals surface area contributed by atoms with Gasteiger partial charge in [-0.1, -0.05) is 0 Å². The number of imidazole rings is 1. The quantitative estimate of drug-likeness (QED) is 0.771. The Labute approximate surface area is 119 Å². The zero-order chi connectivity index (χ0) is 15.6. The molecular weight excluding hydrogens is 278 g/mol. The summed E-state index contributed by atoms with van der Waals surface area (Å²) in [5, 5.41) is 2.56. The van der Waals surface area contributed by atoms with Crippen LogP contribution in [0.1, 0.15) is 12.7 Å². The van der Waals surface area contributed by atoms with Crippen molar-refractivity contribution in [3.63, 3.8) is 0 Å². The van der Waals surface area contributed by atoms with E-state index in [1.54, 1.807) is 14.0 Å². The number of amides is 1. The lowest BCUT2D eigenvalue weighted by Gasteiger charge is -2.02. The van der Waals surface area contributed by atoms with Crippen molar-refractivity contribution < 1.29 is 9.53 Å². The Hall–Kier alpha value is -2.58. The van der Waals surface area contributed by atoms with Gasteiger partial charge in [0.1, 0.15) is 11.3 Å². The van der Waals surface area contributed by atoms with E-state index < -0.39 is 17.3 Å². The van der Waals surface area contributed by atoms with Crippen molar-refractivity contribution in [2.24, 2.45) is 14.1 Å². The minimum Gasteiger partial charge on any atom is -0.450 e. The standard InChI is InChI=1S/C12H17N5O4/c1-4-21-11(19)13-6-5-7-14-8-9(15-7)16(2)12(20)17(3)10(8)18/h4-6H2,1-3H3,(H,13,19)(H,14,15). The second-order valence-electron chi connectivity index (χ2n) is 4.49. The summed E-state index contributed by atoms with van der Waals surface area (Å²) in [4.78, 5) is 42.0. The van der Waals surface area contributed by atoms with Crippen LogP contribution in [0.5, 0.6) is 0 Å². The predicted molar refractivity (Wildman–Crippen MR) is 75.3 cm³/mol. The molecule has 2 aromatic heterocycles. The van der Waals surface area contributed by atoms with Crippen molar-refractivity contribution in [2.45, 2.75) is 13.3 Å². The number of hydrogen-bond acceptors (Lipinski definition) is 5. The van der Waals surface area contributed by atoms with E-state index in [2.05, 4.69) is 15.3 Å². The molecule has 0 aliphatic carbocycles. The number of carbonyl (C=O) groups excluding carboxylic acids is 1. The van der Waals surface area contributed by atoms with Gasteiger partial charge in [-0.3, -0.25) is 13.9 Å². The van der Waals surface area contributed by atoms with E-state index in [4.69, 9.17) is 4.74 Å². The summed E-state index contributed by atoms with van der Waals surface area (Å²) in [6.45, 7) is 2.33. The smallest absolute Gasteiger partial charge is 0.407 e. The lowest BCUT2D eigenvalue weighted by Crippen LogP contribution is -2.36. The van der Waals surface area contributed by atoms with Crippen LogP contribution < -0.4 is 16.6 Å². The van der Waals surface area contributed by atoms with Crippen LogP contribution in [-0.4, -0.2) is 38.3 Å². The Morgan fingerprint density at radius 3 is 2.71 bits per heavy atom. The van der Waals surface area contributed by atoms with Gasteiger partial charge < -0.3 is 15.0 Å². The zero-order valence-corrected chi connectivity index (χ0v) is 12.1. The molecule has 0 saturated carbocycles. The van der Waals surface area contributed by atoms with Crippen LogP contribution in [0.15, 0.2) is 9.59 Å². The summed E-state index contributed by atoms with van der Waals surface area (Å²) in [7, 11) is 2.96. The number of H-pyrrole nitrogens is 1. The Bertz CT molecular complexity index is 785. The number of hydrogen-bond donors (Lipinski definition) is 2. The fourth-order valence-corrected chi connectivity index (χ4v) is 1.96. The molecule has 0 spiro atoms. The molecule has 0 saturated heterocycles. The highest BCUT2D eigenvalue weighted by Crippen LogP contribution is 2.04. The number of carbonyl (C=O) groups is 1. The topological polar surface area (TPSA) is 111 Å². The van der Waals surface area contributed by atoms with Gasteiger partial charge in [0.2, 0.25) is 0 Å². The molecule has 0 atom stereocenters. The molecule has 9 heteroatoms. The zero-order valence-electron chi connectivity index (χ0n) is 12.1. The van der Waals surface area contributed by atoms with Crippen LogP contribution in [0.3, 0.4) is 0 Å². The molecule has 0 radical (unpaired) electrons. The highest BCUT2D eigenvalue weighted by Gasteiger charge is 2.13. The average molecular weight is 295 g/mol. The fraction of sp³-hybridized carbons (Fsp3) is 0.500. The first kappa shape index (κ1) is 14.8. The van der Waals surface area contributed by atoms with E-state index in [1.807, 2.05) is 0 Å². The number of aromatic nitrogens is 4. The maximum absolute atomic E-state index is 12.0. The molecule has 2 heterocycles. The lowest BCUT2D eigenvalue weighted by molar-refractivity contribution is 0.152. The molecule has 0 aliphatic heterocycles. The molecule has 0 unspecified atom stereocenters. The van der Waals surface area contributed by atoms with E-state index in [0.29, 0.717) is 31.0 Å². The summed E-state index contributed by atoms with van der Waals surface area (Å²) in [6.07, 6.45) is -0.109. The summed E-state index contributed by atoms with van der Waals surface area (Å²) in [6, 6.07) is 0. The van der Waals surface area contributed by atoms with Crippen molar-refractivity contribution >= 4 is 17.3 Å². The van der Waals surface area contributed by atoms with Crippen LogP contribution in [0.25, 0.3) is 11.2 Å². The summed E-state index contributed by atoms with van der Waals surface area (Å²) in [5.74, 6) is 0.514. The molecule has 2 N–H and O–H groups in total. The fourth-order valence-electron chi connectivity index (χ4n) is 1.96. The Balaban J connectivity index is 2.22. The largest absolute Gasteiger partial charge is 0.450 e. The highest BCUT2D eigenvalue weighted by atomic mass is 16.5. The highest BCUT2D eigenvalue weighted by molar-refractivity contribution is 5.70. The molecule has 2 rings (SSSR count). The van der Waals surface area contributed by atoms with E-state index in [1.165, 1.54) is 11.6 Å². The molecular formula is C12H17N5O4. The molecule has 0 aliphatic rings. The van der Waals surface area contributed by atoms with E-state index in [-0.39, 0.29) is 5.52 Å². The summed E-state index contributed by atoms with van der Waals surface area (Å²) < 4.78 is 7.05. The monoisotopic (exact) mass is 295 g/mol. The van der Waals surface area contributed by atoms with E-state index in [9.17, 15) is 14.4 Å². The van der Waals surface area contributed by atoms with Crippen molar-refractivity contribution in [2.75, 3.05) is 13.2 Å². The second-order valence-corrected chi connectivity index (χ2v) is 4.49. The van der Waals surface area contributed by atoms with Crippen molar-refractivity contribution in [3.8, 4) is 0 Å². The van der Waals surface area contributed by atoms with Gasteiger partial charge in [-0.2, -0.15) is 0 Å². The number of aryl methyl sites for hydroxylation is 1. The minimum absolute atomic E-state index is 0.269. The Kier molecular flexibility index (Phi) is 4.10. The van der Waals surface area contributed by atoms with Crippen LogP contribution in [0, 0.1) is 0 Å². The normalized spacial score (nSPS) is 10.8. The van der Waals surface area contributed by atoms with Gasteiger partial charge >= 0.3 is 11.8 Å². The lowest BCUT2D eigenvalue weighted by atomic mass is 10.4. The SMILES string of the molecule is CCOC(=O)NCCc1nc2c([nH]1)c(=O)n(C)c(=O)n2C.